The molecule has 1 aromatic rings. The lowest BCUT2D eigenvalue weighted by Crippen LogP contribution is -2.53. The number of aromatic nitrogens is 1. The predicted octanol–water partition coefficient (Wildman–Crippen LogP) is 1.07. The van der Waals surface area contributed by atoms with Crippen LogP contribution >= 0.6 is 11.6 Å². The SMILES string of the molecule is O=C(CCCl)NC(=O)N1CCN(c2ccccn2)CC1. The van der Waals surface area contributed by atoms with Crippen LogP contribution in [-0.4, -0.2) is 53.9 Å². The van der Waals surface area contributed by atoms with Crippen LogP contribution in [-0.2, 0) is 4.79 Å². The molecule has 1 fully saturated rings. The van der Waals surface area contributed by atoms with Crippen LogP contribution in [0.5, 0.6) is 0 Å². The fourth-order valence-corrected chi connectivity index (χ4v) is 2.20. The number of rotatable bonds is 3. The molecular formula is C13H17ClN4O2. The van der Waals surface area contributed by atoms with Crippen molar-refractivity contribution in [3.8, 4) is 0 Å². The Morgan fingerprint density at radius 3 is 2.60 bits per heavy atom. The van der Waals surface area contributed by atoms with Gasteiger partial charge in [0.2, 0.25) is 5.91 Å². The molecule has 6 nitrogen and oxygen atoms in total. The highest BCUT2D eigenvalue weighted by molar-refractivity contribution is 6.19. The summed E-state index contributed by atoms with van der Waals surface area (Å²) in [5.41, 5.74) is 0. The smallest absolute Gasteiger partial charge is 0.324 e. The first kappa shape index (κ1) is 14.6. The maximum Gasteiger partial charge on any atom is 0.324 e. The molecule has 1 aromatic heterocycles. The molecule has 0 bridgehead atoms. The first-order valence-electron chi connectivity index (χ1n) is 6.51. The number of halogens is 1. The molecule has 0 radical (unpaired) electrons. The lowest BCUT2D eigenvalue weighted by molar-refractivity contribution is -0.119. The van der Waals surface area contributed by atoms with Gasteiger partial charge in [-0.05, 0) is 12.1 Å². The van der Waals surface area contributed by atoms with E-state index in [0.717, 1.165) is 5.82 Å². The van der Waals surface area contributed by atoms with Crippen LogP contribution in [0.25, 0.3) is 0 Å². The topological polar surface area (TPSA) is 65.5 Å². The van der Waals surface area contributed by atoms with Crippen LogP contribution in [0, 0.1) is 0 Å². The van der Waals surface area contributed by atoms with Crippen LogP contribution in [0.1, 0.15) is 6.42 Å². The molecule has 0 saturated carbocycles. The van der Waals surface area contributed by atoms with Gasteiger partial charge >= 0.3 is 6.03 Å². The van der Waals surface area contributed by atoms with Gasteiger partial charge in [0.1, 0.15) is 5.82 Å². The summed E-state index contributed by atoms with van der Waals surface area (Å²) >= 11 is 5.45. The van der Waals surface area contributed by atoms with Crippen LogP contribution in [0.3, 0.4) is 0 Å². The molecule has 108 valence electrons. The number of hydrogen-bond acceptors (Lipinski definition) is 4. The Bertz CT molecular complexity index is 461. The van der Waals surface area contributed by atoms with E-state index in [-0.39, 0.29) is 24.2 Å². The summed E-state index contributed by atoms with van der Waals surface area (Å²) in [6.07, 6.45) is 1.90. The van der Waals surface area contributed by atoms with Crippen LogP contribution < -0.4 is 10.2 Å². The molecule has 0 unspecified atom stereocenters. The van der Waals surface area contributed by atoms with Gasteiger partial charge in [0.15, 0.2) is 0 Å². The molecule has 0 spiro atoms. The van der Waals surface area contributed by atoms with Crippen molar-refractivity contribution in [1.82, 2.24) is 15.2 Å². The van der Waals surface area contributed by atoms with Crippen molar-refractivity contribution in [3.05, 3.63) is 24.4 Å². The zero-order valence-electron chi connectivity index (χ0n) is 11.1. The molecule has 0 atom stereocenters. The number of carbonyl (C=O) groups is 2. The van der Waals surface area contributed by atoms with Crippen molar-refractivity contribution in [2.45, 2.75) is 6.42 Å². The van der Waals surface area contributed by atoms with E-state index in [4.69, 9.17) is 11.6 Å². The van der Waals surface area contributed by atoms with Gasteiger partial charge in [-0.15, -0.1) is 11.6 Å². The molecule has 0 aromatic carbocycles. The number of piperazine rings is 1. The quantitative estimate of drug-likeness (QED) is 0.847. The molecule has 2 rings (SSSR count). The maximum absolute atomic E-state index is 11.8. The zero-order valence-corrected chi connectivity index (χ0v) is 11.8. The van der Waals surface area contributed by atoms with E-state index in [1.807, 2.05) is 18.2 Å². The van der Waals surface area contributed by atoms with E-state index in [1.54, 1.807) is 11.1 Å². The van der Waals surface area contributed by atoms with Gasteiger partial charge in [-0.3, -0.25) is 10.1 Å². The Morgan fingerprint density at radius 1 is 1.25 bits per heavy atom. The average molecular weight is 297 g/mol. The second-order valence-electron chi connectivity index (χ2n) is 4.45. The average Bonchev–Trinajstić information content (AvgIpc) is 2.48. The van der Waals surface area contributed by atoms with Crippen molar-refractivity contribution >= 4 is 29.4 Å². The van der Waals surface area contributed by atoms with E-state index in [9.17, 15) is 9.59 Å². The number of imide groups is 1. The third-order valence-electron chi connectivity index (χ3n) is 3.11. The Kier molecular flexibility index (Phi) is 5.17. The zero-order chi connectivity index (χ0) is 14.4. The van der Waals surface area contributed by atoms with E-state index in [2.05, 4.69) is 15.2 Å². The number of nitrogens with one attached hydrogen (secondary N) is 1. The number of hydrogen-bond donors (Lipinski definition) is 1. The molecule has 1 saturated heterocycles. The Morgan fingerprint density at radius 2 is 2.00 bits per heavy atom. The van der Waals surface area contributed by atoms with E-state index in [1.165, 1.54) is 0 Å². The Balaban J connectivity index is 1.82. The summed E-state index contributed by atoms with van der Waals surface area (Å²) < 4.78 is 0. The molecule has 1 N–H and O–H groups in total. The number of amides is 3. The van der Waals surface area contributed by atoms with Crippen molar-refractivity contribution in [1.29, 1.82) is 0 Å². The number of carbonyl (C=O) groups excluding carboxylic acids is 2. The van der Waals surface area contributed by atoms with Crippen molar-refractivity contribution in [3.63, 3.8) is 0 Å². The standard InChI is InChI=1S/C13H17ClN4O2/c14-5-4-12(19)16-13(20)18-9-7-17(8-10-18)11-3-1-2-6-15-11/h1-3,6H,4-5,7-10H2,(H,16,19,20). The lowest BCUT2D eigenvalue weighted by Gasteiger charge is -2.35. The third kappa shape index (κ3) is 3.84. The van der Waals surface area contributed by atoms with Gasteiger partial charge in [-0.25, -0.2) is 9.78 Å². The maximum atomic E-state index is 11.8. The highest BCUT2D eigenvalue weighted by atomic mass is 35.5. The molecular weight excluding hydrogens is 280 g/mol. The molecule has 7 heteroatoms. The number of nitrogens with zero attached hydrogens (tertiary/aromatic N) is 3. The van der Waals surface area contributed by atoms with Crippen LogP contribution in [0.4, 0.5) is 10.6 Å². The number of pyridine rings is 1. The van der Waals surface area contributed by atoms with E-state index in [0.29, 0.717) is 26.2 Å². The highest BCUT2D eigenvalue weighted by Crippen LogP contribution is 2.12. The predicted molar refractivity (Wildman–Crippen MR) is 76.9 cm³/mol. The van der Waals surface area contributed by atoms with Gasteiger partial charge in [-0.2, -0.15) is 0 Å². The molecule has 20 heavy (non-hydrogen) atoms. The van der Waals surface area contributed by atoms with Crippen LogP contribution in [0.2, 0.25) is 0 Å². The minimum Gasteiger partial charge on any atom is -0.353 e. The van der Waals surface area contributed by atoms with E-state index < -0.39 is 0 Å². The summed E-state index contributed by atoms with van der Waals surface area (Å²) in [6.45, 7) is 2.54. The summed E-state index contributed by atoms with van der Waals surface area (Å²) in [7, 11) is 0. The summed E-state index contributed by atoms with van der Waals surface area (Å²) in [6, 6.07) is 5.41. The second-order valence-corrected chi connectivity index (χ2v) is 4.83. The largest absolute Gasteiger partial charge is 0.353 e. The van der Waals surface area contributed by atoms with Gasteiger partial charge in [-0.1, -0.05) is 6.07 Å². The van der Waals surface area contributed by atoms with Gasteiger partial charge in [0.05, 0.1) is 0 Å². The van der Waals surface area contributed by atoms with Gasteiger partial charge in [0, 0.05) is 44.7 Å². The first-order valence-corrected chi connectivity index (χ1v) is 7.05. The molecule has 1 aliphatic rings. The normalized spacial score (nSPS) is 15.1. The van der Waals surface area contributed by atoms with Crippen molar-refractivity contribution in [2.24, 2.45) is 0 Å². The minimum atomic E-state index is -0.346. The molecule has 1 aliphatic heterocycles. The monoisotopic (exact) mass is 296 g/mol. The molecule has 2 heterocycles. The Labute approximate surface area is 122 Å². The summed E-state index contributed by atoms with van der Waals surface area (Å²) in [4.78, 5) is 31.2. The van der Waals surface area contributed by atoms with Crippen molar-refractivity contribution < 1.29 is 9.59 Å². The molecule has 0 aliphatic carbocycles. The van der Waals surface area contributed by atoms with Gasteiger partial charge in [0.25, 0.3) is 0 Å². The van der Waals surface area contributed by atoms with E-state index >= 15 is 0 Å². The summed E-state index contributed by atoms with van der Waals surface area (Å²) in [5, 5.41) is 2.33. The highest BCUT2D eigenvalue weighted by Gasteiger charge is 2.22. The fraction of sp³-hybridized carbons (Fsp3) is 0.462. The number of urea groups is 1. The minimum absolute atomic E-state index is 0.154. The van der Waals surface area contributed by atoms with Crippen molar-refractivity contribution in [2.75, 3.05) is 37.0 Å². The number of alkyl halides is 1. The summed E-state index contributed by atoms with van der Waals surface area (Å²) in [5.74, 6) is 0.787. The Hall–Kier alpha value is -1.82. The fourth-order valence-electron chi connectivity index (χ4n) is 2.03. The molecule has 3 amide bonds. The second kappa shape index (κ2) is 7.09. The first-order chi connectivity index (χ1) is 9.70. The van der Waals surface area contributed by atoms with Crippen LogP contribution in [0.15, 0.2) is 24.4 Å². The lowest BCUT2D eigenvalue weighted by atomic mass is 10.3. The number of anilines is 1. The van der Waals surface area contributed by atoms with Gasteiger partial charge < -0.3 is 9.80 Å². The third-order valence-corrected chi connectivity index (χ3v) is 3.30.